The number of nitrogens with zero attached hydrogens (tertiary/aromatic N) is 2. The van der Waals surface area contributed by atoms with Gasteiger partial charge in [-0.1, -0.05) is 13.0 Å². The average Bonchev–Trinajstić information content (AvgIpc) is 3.08. The van der Waals surface area contributed by atoms with Crippen LogP contribution in [-0.2, 0) is 25.8 Å². The van der Waals surface area contributed by atoms with Crippen molar-refractivity contribution >= 4 is 27.3 Å². The van der Waals surface area contributed by atoms with E-state index in [1.165, 1.54) is 4.88 Å². The summed E-state index contributed by atoms with van der Waals surface area (Å²) in [4.78, 5) is 1.40. The molecule has 3 nitrogen and oxygen atoms in total. The maximum absolute atomic E-state index is 10.3. The van der Waals surface area contributed by atoms with Gasteiger partial charge in [-0.2, -0.15) is 5.10 Å². The van der Waals surface area contributed by atoms with E-state index in [4.69, 9.17) is 0 Å². The van der Waals surface area contributed by atoms with E-state index in [-0.39, 0.29) is 6.10 Å². The highest BCUT2D eigenvalue weighted by Crippen LogP contribution is 2.24. The van der Waals surface area contributed by atoms with Crippen LogP contribution in [0.4, 0.5) is 0 Å². The van der Waals surface area contributed by atoms with Crippen molar-refractivity contribution in [3.63, 3.8) is 0 Å². The van der Waals surface area contributed by atoms with Crippen LogP contribution in [0.25, 0.3) is 0 Å². The lowest BCUT2D eigenvalue weighted by atomic mass is 10.1. The van der Waals surface area contributed by atoms with E-state index in [9.17, 15) is 5.11 Å². The van der Waals surface area contributed by atoms with Crippen LogP contribution >= 0.6 is 27.3 Å². The molecule has 0 aliphatic heterocycles. The predicted molar refractivity (Wildman–Crippen MR) is 91.9 cm³/mol. The topological polar surface area (TPSA) is 38.0 Å². The van der Waals surface area contributed by atoms with Gasteiger partial charge in [0.25, 0.3) is 0 Å². The number of aromatic nitrogens is 2. The molecule has 1 N–H and O–H groups in total. The van der Waals surface area contributed by atoms with Crippen molar-refractivity contribution in [2.75, 3.05) is 0 Å². The molecule has 116 valence electrons. The fourth-order valence-electron chi connectivity index (χ4n) is 2.50. The van der Waals surface area contributed by atoms with Crippen molar-refractivity contribution in [1.82, 2.24) is 9.78 Å². The van der Waals surface area contributed by atoms with Gasteiger partial charge >= 0.3 is 0 Å². The van der Waals surface area contributed by atoms with Crippen LogP contribution in [-0.4, -0.2) is 21.0 Å². The molecule has 0 aliphatic carbocycles. The molecule has 0 aromatic carbocycles. The number of halogens is 1. The molecule has 0 saturated heterocycles. The quantitative estimate of drug-likeness (QED) is 0.755. The van der Waals surface area contributed by atoms with Crippen LogP contribution < -0.4 is 0 Å². The summed E-state index contributed by atoms with van der Waals surface area (Å²) in [5.74, 6) is 0. The van der Waals surface area contributed by atoms with Crippen molar-refractivity contribution in [3.8, 4) is 0 Å². The highest BCUT2D eigenvalue weighted by atomic mass is 79.9. The van der Waals surface area contributed by atoms with E-state index in [1.807, 2.05) is 4.68 Å². The Labute approximate surface area is 139 Å². The molecule has 1 unspecified atom stereocenters. The third-order valence-electron chi connectivity index (χ3n) is 3.66. The minimum absolute atomic E-state index is 0.298. The molecule has 0 aliphatic rings. The maximum Gasteiger partial charge on any atom is 0.0766 e. The Balaban J connectivity index is 1.89. The fourth-order valence-corrected chi connectivity index (χ4v) is 3.98. The molecule has 1 atom stereocenters. The van der Waals surface area contributed by atoms with E-state index in [1.54, 1.807) is 11.3 Å². The van der Waals surface area contributed by atoms with Gasteiger partial charge in [-0.05, 0) is 60.0 Å². The zero-order chi connectivity index (χ0) is 15.2. The molecule has 5 heteroatoms. The second kappa shape index (κ2) is 8.11. The Morgan fingerprint density at radius 3 is 2.86 bits per heavy atom. The minimum atomic E-state index is -0.298. The van der Waals surface area contributed by atoms with Gasteiger partial charge in [-0.15, -0.1) is 11.3 Å². The molecule has 0 bridgehead atoms. The lowest BCUT2D eigenvalue weighted by molar-refractivity contribution is 0.159. The summed E-state index contributed by atoms with van der Waals surface area (Å²) in [6, 6.07) is 4.24. The molecule has 2 rings (SSSR count). The summed E-state index contributed by atoms with van der Waals surface area (Å²) in [6.45, 7) is 5.04. The first-order chi connectivity index (χ1) is 10.2. The van der Waals surface area contributed by atoms with Crippen LogP contribution in [0.1, 0.15) is 43.0 Å². The zero-order valence-corrected chi connectivity index (χ0v) is 15.1. The highest BCUT2D eigenvalue weighted by molar-refractivity contribution is 9.10. The van der Waals surface area contributed by atoms with Crippen molar-refractivity contribution in [3.05, 3.63) is 38.3 Å². The van der Waals surface area contributed by atoms with Crippen molar-refractivity contribution < 1.29 is 5.11 Å². The Hall–Kier alpha value is -0.650. The van der Waals surface area contributed by atoms with Gasteiger partial charge < -0.3 is 5.11 Å². The molecule has 0 spiro atoms. The minimum Gasteiger partial charge on any atom is -0.393 e. The Bertz CT molecular complexity index is 551. The summed E-state index contributed by atoms with van der Waals surface area (Å²) in [7, 11) is 0. The monoisotopic (exact) mass is 370 g/mol. The standard InChI is InChI=1S/C16H23BrN2OS/c1-3-14-16(17)15(19(4-2)18-14)11-12(20)7-5-8-13-9-6-10-21-13/h6,9-10,12,20H,3-5,7-8,11H2,1-2H3. The number of aryl methyl sites for hydroxylation is 3. The Kier molecular flexibility index (Phi) is 6.45. The number of thiophene rings is 1. The first-order valence-corrected chi connectivity index (χ1v) is 9.27. The highest BCUT2D eigenvalue weighted by Gasteiger charge is 2.17. The van der Waals surface area contributed by atoms with E-state index in [0.29, 0.717) is 6.42 Å². The van der Waals surface area contributed by atoms with E-state index in [2.05, 4.69) is 52.4 Å². The molecule has 2 aromatic rings. The lowest BCUT2D eigenvalue weighted by Gasteiger charge is -2.12. The van der Waals surface area contributed by atoms with E-state index in [0.717, 1.165) is 48.1 Å². The molecule has 2 aromatic heterocycles. The largest absolute Gasteiger partial charge is 0.393 e. The Morgan fingerprint density at radius 2 is 2.24 bits per heavy atom. The number of hydrogen-bond donors (Lipinski definition) is 1. The van der Waals surface area contributed by atoms with Crippen LogP contribution in [0.5, 0.6) is 0 Å². The van der Waals surface area contributed by atoms with Gasteiger partial charge in [0, 0.05) is 17.8 Å². The van der Waals surface area contributed by atoms with Gasteiger partial charge in [-0.3, -0.25) is 4.68 Å². The van der Waals surface area contributed by atoms with Gasteiger partial charge in [0.05, 0.1) is 22.0 Å². The SMILES string of the molecule is CCc1nn(CC)c(CC(O)CCCc2cccs2)c1Br. The van der Waals surface area contributed by atoms with Crippen LogP contribution in [0.15, 0.2) is 22.0 Å². The van der Waals surface area contributed by atoms with Gasteiger partial charge in [0.2, 0.25) is 0 Å². The molecule has 0 radical (unpaired) electrons. The van der Waals surface area contributed by atoms with Gasteiger partial charge in [0.15, 0.2) is 0 Å². The van der Waals surface area contributed by atoms with Gasteiger partial charge in [0.1, 0.15) is 0 Å². The zero-order valence-electron chi connectivity index (χ0n) is 12.7. The molecular formula is C16H23BrN2OS. The van der Waals surface area contributed by atoms with Crippen molar-refractivity contribution in [2.45, 2.75) is 58.6 Å². The summed E-state index contributed by atoms with van der Waals surface area (Å²) >= 11 is 5.43. The Morgan fingerprint density at radius 1 is 1.43 bits per heavy atom. The summed E-state index contributed by atoms with van der Waals surface area (Å²) < 4.78 is 3.08. The molecule has 0 saturated carbocycles. The van der Waals surface area contributed by atoms with Crippen molar-refractivity contribution in [2.24, 2.45) is 0 Å². The third kappa shape index (κ3) is 4.41. The smallest absolute Gasteiger partial charge is 0.0766 e. The van der Waals surface area contributed by atoms with E-state index < -0.39 is 0 Å². The first kappa shape index (κ1) is 16.7. The molecule has 21 heavy (non-hydrogen) atoms. The van der Waals surface area contributed by atoms with Crippen molar-refractivity contribution in [1.29, 1.82) is 0 Å². The number of rotatable bonds is 8. The summed E-state index contributed by atoms with van der Waals surface area (Å²) in [5.41, 5.74) is 2.20. The molecule has 0 fully saturated rings. The first-order valence-electron chi connectivity index (χ1n) is 7.60. The number of hydrogen-bond acceptors (Lipinski definition) is 3. The molecular weight excluding hydrogens is 348 g/mol. The third-order valence-corrected chi connectivity index (χ3v) is 5.52. The summed E-state index contributed by atoms with van der Waals surface area (Å²) in [5, 5.41) is 17.0. The lowest BCUT2D eigenvalue weighted by Crippen LogP contribution is -2.15. The second-order valence-electron chi connectivity index (χ2n) is 5.21. The predicted octanol–water partition coefficient (Wildman–Crippen LogP) is 4.22. The fraction of sp³-hybridized carbons (Fsp3) is 0.562. The van der Waals surface area contributed by atoms with E-state index >= 15 is 0 Å². The molecule has 2 heterocycles. The normalized spacial score (nSPS) is 12.8. The summed E-state index contributed by atoms with van der Waals surface area (Å²) in [6.07, 6.45) is 4.21. The van der Waals surface area contributed by atoms with Crippen LogP contribution in [0.2, 0.25) is 0 Å². The number of aliphatic hydroxyl groups excluding tert-OH is 1. The van der Waals surface area contributed by atoms with Crippen LogP contribution in [0.3, 0.4) is 0 Å². The second-order valence-corrected chi connectivity index (χ2v) is 7.03. The van der Waals surface area contributed by atoms with Crippen LogP contribution in [0, 0.1) is 0 Å². The number of aliphatic hydroxyl groups is 1. The molecule has 0 amide bonds. The maximum atomic E-state index is 10.3. The average molecular weight is 371 g/mol. The van der Waals surface area contributed by atoms with Gasteiger partial charge in [-0.25, -0.2) is 0 Å².